The van der Waals surface area contributed by atoms with Crippen molar-refractivity contribution in [3.8, 4) is 11.5 Å². The smallest absolute Gasteiger partial charge is 0.340 e. The Morgan fingerprint density at radius 2 is 1.83 bits per heavy atom. The van der Waals surface area contributed by atoms with Crippen molar-refractivity contribution < 1.29 is 28.6 Å². The van der Waals surface area contributed by atoms with Crippen LogP contribution in [0.3, 0.4) is 0 Å². The van der Waals surface area contributed by atoms with E-state index in [1.54, 1.807) is 30.3 Å². The molecule has 0 unspecified atom stereocenters. The van der Waals surface area contributed by atoms with Crippen molar-refractivity contribution in [1.82, 2.24) is 10.3 Å². The van der Waals surface area contributed by atoms with Gasteiger partial charge in [0.1, 0.15) is 13.2 Å². The number of anilines is 1. The first-order valence-electron chi connectivity index (χ1n) is 8.84. The third-order valence-electron chi connectivity index (χ3n) is 4.20. The maximum absolute atomic E-state index is 12.2. The second-order valence-corrected chi connectivity index (χ2v) is 6.18. The molecule has 1 aliphatic rings. The molecule has 9 heteroatoms. The number of rotatable bonds is 4. The maximum atomic E-state index is 12.2. The summed E-state index contributed by atoms with van der Waals surface area (Å²) < 4.78 is 15.8. The predicted molar refractivity (Wildman–Crippen MR) is 103 cm³/mol. The molecule has 9 nitrogen and oxygen atoms in total. The molecule has 4 rings (SSSR count). The van der Waals surface area contributed by atoms with E-state index < -0.39 is 24.5 Å². The highest BCUT2D eigenvalue weighted by Crippen LogP contribution is 2.32. The molecule has 0 saturated heterocycles. The number of imide groups is 1. The van der Waals surface area contributed by atoms with Crippen molar-refractivity contribution in [3.05, 3.63) is 54.2 Å². The van der Waals surface area contributed by atoms with E-state index in [0.29, 0.717) is 41.3 Å². The molecule has 0 aliphatic carbocycles. The number of H-pyrrole nitrogens is 1. The van der Waals surface area contributed by atoms with Crippen LogP contribution in [0.15, 0.2) is 48.7 Å². The number of aromatic amines is 1. The van der Waals surface area contributed by atoms with Crippen LogP contribution in [0, 0.1) is 0 Å². The average molecular weight is 395 g/mol. The summed E-state index contributed by atoms with van der Waals surface area (Å²) in [6, 6.07) is 11.3. The fourth-order valence-electron chi connectivity index (χ4n) is 2.90. The number of hydrogen-bond acceptors (Lipinski definition) is 6. The average Bonchev–Trinajstić information content (AvgIpc) is 3.16. The standard InChI is InChI=1S/C20H17N3O6/c24-18(11-29-19(25)14-10-21-15-4-2-1-3-13(14)15)23-20(26)22-12-5-6-16-17(9-12)28-8-7-27-16/h1-6,9-10,21H,7-8,11H2,(H2,22,23,24,26). The maximum Gasteiger partial charge on any atom is 0.340 e. The summed E-state index contributed by atoms with van der Waals surface area (Å²) in [5.74, 6) is -0.325. The fraction of sp³-hybridized carbons (Fsp3) is 0.150. The van der Waals surface area contributed by atoms with Crippen LogP contribution in [0.5, 0.6) is 11.5 Å². The zero-order chi connectivity index (χ0) is 20.2. The lowest BCUT2D eigenvalue weighted by Crippen LogP contribution is -2.37. The number of amides is 3. The van der Waals surface area contributed by atoms with E-state index in [4.69, 9.17) is 14.2 Å². The van der Waals surface area contributed by atoms with Crippen molar-refractivity contribution >= 4 is 34.5 Å². The lowest BCUT2D eigenvalue weighted by atomic mass is 10.2. The van der Waals surface area contributed by atoms with Crippen molar-refractivity contribution in [3.63, 3.8) is 0 Å². The number of esters is 1. The third kappa shape index (κ3) is 4.13. The van der Waals surface area contributed by atoms with E-state index in [1.807, 2.05) is 12.1 Å². The van der Waals surface area contributed by atoms with Crippen LogP contribution in [-0.2, 0) is 9.53 Å². The van der Waals surface area contributed by atoms with Crippen molar-refractivity contribution in [2.24, 2.45) is 0 Å². The van der Waals surface area contributed by atoms with Crippen molar-refractivity contribution in [2.75, 3.05) is 25.1 Å². The minimum Gasteiger partial charge on any atom is -0.486 e. The van der Waals surface area contributed by atoms with Gasteiger partial charge in [0, 0.05) is 28.9 Å². The molecule has 0 atom stereocenters. The van der Waals surface area contributed by atoms with Gasteiger partial charge in [0.15, 0.2) is 18.1 Å². The summed E-state index contributed by atoms with van der Waals surface area (Å²) in [5, 5.41) is 5.30. The number of carbonyl (C=O) groups excluding carboxylic acids is 3. The highest BCUT2D eigenvalue weighted by Gasteiger charge is 2.17. The number of aromatic nitrogens is 1. The zero-order valence-corrected chi connectivity index (χ0v) is 15.2. The lowest BCUT2D eigenvalue weighted by molar-refractivity contribution is -0.123. The minimum absolute atomic E-state index is 0.314. The SMILES string of the molecule is O=C(COC(=O)c1c[nH]c2ccccc12)NC(=O)Nc1ccc2c(c1)OCCO2. The molecule has 29 heavy (non-hydrogen) atoms. The Morgan fingerprint density at radius 3 is 2.69 bits per heavy atom. The van der Waals surface area contributed by atoms with Gasteiger partial charge in [-0.25, -0.2) is 9.59 Å². The van der Waals surface area contributed by atoms with Gasteiger partial charge in [0.2, 0.25) is 0 Å². The molecular formula is C20H17N3O6. The summed E-state index contributed by atoms with van der Waals surface area (Å²) >= 11 is 0. The van der Waals surface area contributed by atoms with Gasteiger partial charge < -0.3 is 24.5 Å². The summed E-state index contributed by atoms with van der Waals surface area (Å²) in [6.07, 6.45) is 1.51. The summed E-state index contributed by atoms with van der Waals surface area (Å²) in [6.45, 7) is 0.294. The Balaban J connectivity index is 1.29. The highest BCUT2D eigenvalue weighted by atomic mass is 16.6. The molecule has 2 heterocycles. The van der Waals surface area contributed by atoms with E-state index in [2.05, 4.69) is 15.6 Å². The van der Waals surface area contributed by atoms with Crippen LogP contribution >= 0.6 is 0 Å². The molecule has 3 N–H and O–H groups in total. The lowest BCUT2D eigenvalue weighted by Gasteiger charge is -2.19. The molecule has 148 valence electrons. The molecule has 0 saturated carbocycles. The highest BCUT2D eigenvalue weighted by molar-refractivity contribution is 6.05. The molecule has 0 fully saturated rings. The normalized spacial score (nSPS) is 12.3. The number of fused-ring (bicyclic) bond motifs is 2. The minimum atomic E-state index is -0.756. The van der Waals surface area contributed by atoms with Crippen LogP contribution in [-0.4, -0.2) is 42.7 Å². The van der Waals surface area contributed by atoms with Gasteiger partial charge in [-0.3, -0.25) is 10.1 Å². The monoisotopic (exact) mass is 395 g/mol. The van der Waals surface area contributed by atoms with E-state index in [-0.39, 0.29) is 0 Å². The second-order valence-electron chi connectivity index (χ2n) is 6.18. The summed E-state index contributed by atoms with van der Waals surface area (Å²) in [5.41, 5.74) is 1.52. The molecule has 3 amide bonds. The van der Waals surface area contributed by atoms with Crippen LogP contribution < -0.4 is 20.1 Å². The van der Waals surface area contributed by atoms with Gasteiger partial charge in [-0.1, -0.05) is 18.2 Å². The van der Waals surface area contributed by atoms with Crippen LogP contribution in [0.25, 0.3) is 10.9 Å². The number of hydrogen-bond donors (Lipinski definition) is 3. The quantitative estimate of drug-likeness (QED) is 0.584. The Hall–Kier alpha value is -4.01. The van der Waals surface area contributed by atoms with Crippen molar-refractivity contribution in [2.45, 2.75) is 0 Å². The summed E-state index contributed by atoms with van der Waals surface area (Å²) in [4.78, 5) is 39.0. The van der Waals surface area contributed by atoms with E-state index in [1.165, 1.54) is 6.20 Å². The molecule has 0 bridgehead atoms. The first-order chi connectivity index (χ1) is 14.1. The number of nitrogens with one attached hydrogen (secondary N) is 3. The largest absolute Gasteiger partial charge is 0.486 e. The van der Waals surface area contributed by atoms with E-state index in [0.717, 1.165) is 5.52 Å². The van der Waals surface area contributed by atoms with Crippen LogP contribution in [0.4, 0.5) is 10.5 Å². The Labute approximate surface area is 164 Å². The number of ether oxygens (including phenoxy) is 3. The summed E-state index contributed by atoms with van der Waals surface area (Å²) in [7, 11) is 0. The van der Waals surface area contributed by atoms with Crippen LogP contribution in [0.2, 0.25) is 0 Å². The molecule has 1 aromatic heterocycles. The van der Waals surface area contributed by atoms with Gasteiger partial charge in [0.05, 0.1) is 5.56 Å². The van der Waals surface area contributed by atoms with Crippen LogP contribution in [0.1, 0.15) is 10.4 Å². The zero-order valence-electron chi connectivity index (χ0n) is 15.2. The third-order valence-corrected chi connectivity index (χ3v) is 4.20. The first-order valence-corrected chi connectivity index (χ1v) is 8.84. The number of para-hydroxylation sites is 1. The van der Waals surface area contributed by atoms with E-state index >= 15 is 0 Å². The fourth-order valence-corrected chi connectivity index (χ4v) is 2.90. The first kappa shape index (κ1) is 18.4. The molecule has 0 radical (unpaired) electrons. The van der Waals surface area contributed by atoms with Gasteiger partial charge in [-0.2, -0.15) is 0 Å². The molecule has 1 aliphatic heterocycles. The Morgan fingerprint density at radius 1 is 1.03 bits per heavy atom. The van der Waals surface area contributed by atoms with Gasteiger partial charge in [0.25, 0.3) is 5.91 Å². The van der Waals surface area contributed by atoms with Gasteiger partial charge in [-0.05, 0) is 18.2 Å². The van der Waals surface area contributed by atoms with Crippen molar-refractivity contribution in [1.29, 1.82) is 0 Å². The van der Waals surface area contributed by atoms with Gasteiger partial charge in [-0.15, -0.1) is 0 Å². The predicted octanol–water partition coefficient (Wildman–Crippen LogP) is 2.44. The Bertz CT molecular complexity index is 1090. The number of carbonyl (C=O) groups is 3. The number of urea groups is 1. The topological polar surface area (TPSA) is 119 Å². The molecule has 0 spiro atoms. The number of benzene rings is 2. The Kier molecular flexibility index (Phi) is 5.02. The molecule has 3 aromatic rings. The van der Waals surface area contributed by atoms with Gasteiger partial charge >= 0.3 is 12.0 Å². The molecule has 2 aromatic carbocycles. The second kappa shape index (κ2) is 7.93. The molecular weight excluding hydrogens is 378 g/mol. The van der Waals surface area contributed by atoms with E-state index in [9.17, 15) is 14.4 Å².